The van der Waals surface area contributed by atoms with Crippen LogP contribution in [0.15, 0.2) is 84.0 Å². The summed E-state index contributed by atoms with van der Waals surface area (Å²) in [5.74, 6) is -0.271. The summed E-state index contributed by atoms with van der Waals surface area (Å²) in [4.78, 5) is 16.7. The van der Waals surface area contributed by atoms with E-state index < -0.39 is 10.0 Å². The van der Waals surface area contributed by atoms with Crippen molar-refractivity contribution in [3.8, 4) is 0 Å². The second-order valence-corrected chi connectivity index (χ2v) is 8.20. The fraction of sp³-hybridized carbons (Fsp3) is 0.0476. The van der Waals surface area contributed by atoms with Gasteiger partial charge in [-0.1, -0.05) is 35.9 Å². The monoisotopic (exact) mass is 391 g/mol. The van der Waals surface area contributed by atoms with Crippen LogP contribution >= 0.6 is 0 Å². The Hall–Kier alpha value is -3.45. The molecule has 0 aliphatic rings. The van der Waals surface area contributed by atoms with E-state index in [2.05, 4.69) is 10.3 Å². The van der Waals surface area contributed by atoms with Gasteiger partial charge in [0, 0.05) is 11.3 Å². The number of aromatic nitrogens is 2. The number of carbonyl (C=O) groups excluding carboxylic acids is 1. The van der Waals surface area contributed by atoms with Crippen molar-refractivity contribution >= 4 is 32.7 Å². The van der Waals surface area contributed by atoms with Gasteiger partial charge in [0.1, 0.15) is 6.33 Å². The lowest BCUT2D eigenvalue weighted by Gasteiger charge is -2.09. The summed E-state index contributed by atoms with van der Waals surface area (Å²) in [5, 5.41) is 2.79. The zero-order valence-electron chi connectivity index (χ0n) is 15.0. The molecule has 4 rings (SSSR count). The highest BCUT2D eigenvalue weighted by Gasteiger charge is 2.20. The summed E-state index contributed by atoms with van der Waals surface area (Å²) in [5.41, 5.74) is 2.89. The smallest absolute Gasteiger partial charge is 0.269 e. The number of aryl methyl sites for hydroxylation is 1. The minimum Gasteiger partial charge on any atom is -0.322 e. The Morgan fingerprint density at radius 2 is 1.68 bits per heavy atom. The third-order valence-electron chi connectivity index (χ3n) is 4.39. The van der Waals surface area contributed by atoms with E-state index in [0.29, 0.717) is 22.3 Å². The zero-order valence-corrected chi connectivity index (χ0v) is 15.8. The summed E-state index contributed by atoms with van der Waals surface area (Å²) in [6.07, 6.45) is 1.28. The van der Waals surface area contributed by atoms with E-state index in [1.165, 1.54) is 6.33 Å². The molecule has 1 aromatic heterocycles. The quantitative estimate of drug-likeness (QED) is 0.573. The Labute approximate surface area is 162 Å². The van der Waals surface area contributed by atoms with Gasteiger partial charge < -0.3 is 5.32 Å². The van der Waals surface area contributed by atoms with Crippen LogP contribution in [-0.4, -0.2) is 23.3 Å². The molecule has 3 aromatic carbocycles. The van der Waals surface area contributed by atoms with Gasteiger partial charge in [-0.2, -0.15) is 0 Å². The SMILES string of the molecule is Cc1ccc(S(=O)(=O)n2cnc3ccc(NC(=O)c4ccccc4)cc32)cc1. The van der Waals surface area contributed by atoms with Crippen molar-refractivity contribution in [2.75, 3.05) is 5.32 Å². The van der Waals surface area contributed by atoms with Gasteiger partial charge in [0.2, 0.25) is 0 Å². The van der Waals surface area contributed by atoms with Crippen molar-refractivity contribution in [2.24, 2.45) is 0 Å². The van der Waals surface area contributed by atoms with Gasteiger partial charge in [0.15, 0.2) is 0 Å². The van der Waals surface area contributed by atoms with E-state index in [0.717, 1.165) is 9.54 Å². The van der Waals surface area contributed by atoms with Gasteiger partial charge in [0.05, 0.1) is 15.9 Å². The first-order chi connectivity index (χ1) is 13.4. The number of hydrogen-bond acceptors (Lipinski definition) is 4. The molecule has 28 heavy (non-hydrogen) atoms. The highest BCUT2D eigenvalue weighted by Crippen LogP contribution is 2.23. The molecule has 0 radical (unpaired) electrons. The van der Waals surface area contributed by atoms with Crippen molar-refractivity contribution in [3.63, 3.8) is 0 Å². The van der Waals surface area contributed by atoms with Crippen LogP contribution in [0.5, 0.6) is 0 Å². The molecule has 7 heteroatoms. The standard InChI is InChI=1S/C21H17N3O3S/c1-15-7-10-18(11-8-15)28(26,27)24-14-22-19-12-9-17(13-20(19)24)23-21(25)16-5-3-2-4-6-16/h2-14H,1H3,(H,23,25). The van der Waals surface area contributed by atoms with Crippen molar-refractivity contribution < 1.29 is 13.2 Å². The summed E-state index contributed by atoms with van der Waals surface area (Å²) in [7, 11) is -3.79. The van der Waals surface area contributed by atoms with Crippen molar-refractivity contribution in [3.05, 3.63) is 90.3 Å². The summed E-state index contributed by atoms with van der Waals surface area (Å²) in [6, 6.07) is 20.4. The summed E-state index contributed by atoms with van der Waals surface area (Å²) >= 11 is 0. The Morgan fingerprint density at radius 3 is 2.39 bits per heavy atom. The van der Waals surface area contributed by atoms with Gasteiger partial charge in [-0.25, -0.2) is 17.4 Å². The summed E-state index contributed by atoms with van der Waals surface area (Å²) < 4.78 is 27.2. The predicted molar refractivity (Wildman–Crippen MR) is 108 cm³/mol. The number of hydrogen-bond donors (Lipinski definition) is 1. The molecular weight excluding hydrogens is 374 g/mol. The molecule has 0 saturated carbocycles. The van der Waals surface area contributed by atoms with E-state index >= 15 is 0 Å². The van der Waals surface area contributed by atoms with Crippen LogP contribution in [0.25, 0.3) is 11.0 Å². The fourth-order valence-electron chi connectivity index (χ4n) is 2.87. The largest absolute Gasteiger partial charge is 0.322 e. The molecular formula is C21H17N3O3S. The molecule has 0 fully saturated rings. The van der Waals surface area contributed by atoms with Crippen molar-refractivity contribution in [2.45, 2.75) is 11.8 Å². The van der Waals surface area contributed by atoms with Crippen molar-refractivity contribution in [1.29, 1.82) is 0 Å². The Bertz CT molecular complexity index is 1260. The number of nitrogens with one attached hydrogen (secondary N) is 1. The number of benzene rings is 3. The van der Waals surface area contributed by atoms with Crippen LogP contribution in [0, 0.1) is 6.92 Å². The highest BCUT2D eigenvalue weighted by molar-refractivity contribution is 7.90. The maximum atomic E-state index is 13.0. The first-order valence-electron chi connectivity index (χ1n) is 8.61. The van der Waals surface area contributed by atoms with E-state index in [-0.39, 0.29) is 10.8 Å². The molecule has 0 saturated heterocycles. The third kappa shape index (κ3) is 3.27. The van der Waals surface area contributed by atoms with E-state index in [9.17, 15) is 13.2 Å². The van der Waals surface area contributed by atoms with Gasteiger partial charge >= 0.3 is 0 Å². The number of amides is 1. The van der Waals surface area contributed by atoms with E-state index in [1.807, 2.05) is 13.0 Å². The average Bonchev–Trinajstić information content (AvgIpc) is 3.13. The van der Waals surface area contributed by atoms with Crippen LogP contribution in [0.4, 0.5) is 5.69 Å². The van der Waals surface area contributed by atoms with Gasteiger partial charge in [0.25, 0.3) is 15.9 Å². The molecule has 0 atom stereocenters. The fourth-order valence-corrected chi connectivity index (χ4v) is 4.16. The van der Waals surface area contributed by atoms with Crippen molar-refractivity contribution in [1.82, 2.24) is 8.96 Å². The van der Waals surface area contributed by atoms with Crippen LogP contribution in [-0.2, 0) is 10.0 Å². The molecule has 6 nitrogen and oxygen atoms in total. The van der Waals surface area contributed by atoms with Gasteiger partial charge in [-0.15, -0.1) is 0 Å². The van der Waals surface area contributed by atoms with Gasteiger partial charge in [-0.05, 0) is 49.4 Å². The van der Waals surface area contributed by atoms with E-state index in [1.54, 1.807) is 66.7 Å². The predicted octanol–water partition coefficient (Wildman–Crippen LogP) is 3.83. The Kier molecular flexibility index (Phi) is 4.44. The average molecular weight is 391 g/mol. The molecule has 1 heterocycles. The second kappa shape index (κ2) is 6.94. The van der Waals surface area contributed by atoms with Gasteiger partial charge in [-0.3, -0.25) is 4.79 Å². The van der Waals surface area contributed by atoms with Crippen LogP contribution in [0.1, 0.15) is 15.9 Å². The summed E-state index contributed by atoms with van der Waals surface area (Å²) in [6.45, 7) is 1.89. The number of nitrogens with zero attached hydrogens (tertiary/aromatic N) is 2. The number of rotatable bonds is 4. The molecule has 0 spiro atoms. The minimum atomic E-state index is -3.79. The molecule has 0 unspecified atom stereocenters. The highest BCUT2D eigenvalue weighted by atomic mass is 32.2. The minimum absolute atomic E-state index is 0.177. The lowest BCUT2D eigenvalue weighted by Crippen LogP contribution is -2.13. The molecule has 1 amide bonds. The normalized spacial score (nSPS) is 11.5. The number of carbonyl (C=O) groups is 1. The van der Waals surface area contributed by atoms with E-state index in [4.69, 9.17) is 0 Å². The molecule has 0 aliphatic heterocycles. The lowest BCUT2D eigenvalue weighted by molar-refractivity contribution is 0.102. The number of fused-ring (bicyclic) bond motifs is 1. The van der Waals surface area contributed by atoms with Crippen LogP contribution in [0.3, 0.4) is 0 Å². The molecule has 4 aromatic rings. The maximum Gasteiger partial charge on any atom is 0.269 e. The molecule has 140 valence electrons. The number of imidazole rings is 1. The lowest BCUT2D eigenvalue weighted by atomic mass is 10.2. The Morgan fingerprint density at radius 1 is 0.964 bits per heavy atom. The molecule has 0 bridgehead atoms. The Balaban J connectivity index is 1.72. The van der Waals surface area contributed by atoms with Crippen LogP contribution in [0.2, 0.25) is 0 Å². The topological polar surface area (TPSA) is 81.1 Å². The molecule has 1 N–H and O–H groups in total. The third-order valence-corrected chi connectivity index (χ3v) is 6.06. The second-order valence-electron chi connectivity index (χ2n) is 6.38. The first kappa shape index (κ1) is 17.9. The zero-order chi connectivity index (χ0) is 19.7. The maximum absolute atomic E-state index is 13.0. The first-order valence-corrected chi connectivity index (χ1v) is 10.0. The number of anilines is 1. The molecule has 0 aliphatic carbocycles. The van der Waals surface area contributed by atoms with Crippen LogP contribution < -0.4 is 5.32 Å².